The molecule has 0 radical (unpaired) electrons. The fraction of sp³-hybridized carbons (Fsp3) is 0.227. The predicted molar refractivity (Wildman–Crippen MR) is 112 cm³/mol. The highest BCUT2D eigenvalue weighted by Gasteiger charge is 2.14. The number of benzene rings is 2. The molecule has 2 heterocycles. The molecule has 0 bridgehead atoms. The van der Waals surface area contributed by atoms with Crippen molar-refractivity contribution in [3.05, 3.63) is 58.4 Å². The summed E-state index contributed by atoms with van der Waals surface area (Å²) in [5.41, 5.74) is 5.05. The molecule has 6 heteroatoms. The lowest BCUT2D eigenvalue weighted by molar-refractivity contribution is 0.340. The lowest BCUT2D eigenvalue weighted by Crippen LogP contribution is -1.94. The minimum atomic E-state index is 0.522. The van der Waals surface area contributed by atoms with Crippen molar-refractivity contribution in [3.63, 3.8) is 0 Å². The monoisotopic (exact) mass is 391 g/mol. The third kappa shape index (κ3) is 3.68. The Morgan fingerprint density at radius 1 is 1.00 bits per heavy atom. The van der Waals surface area contributed by atoms with Crippen LogP contribution in [-0.2, 0) is 6.42 Å². The van der Waals surface area contributed by atoms with Crippen molar-refractivity contribution in [2.45, 2.75) is 27.2 Å². The van der Waals surface area contributed by atoms with Gasteiger partial charge < -0.3 is 9.26 Å². The first-order chi connectivity index (χ1) is 13.7. The summed E-state index contributed by atoms with van der Waals surface area (Å²) in [5.74, 6) is 1.96. The van der Waals surface area contributed by atoms with Gasteiger partial charge in [-0.25, -0.2) is 4.98 Å². The van der Waals surface area contributed by atoms with E-state index >= 15 is 0 Å². The van der Waals surface area contributed by atoms with Crippen molar-refractivity contribution < 1.29 is 9.26 Å². The van der Waals surface area contributed by atoms with Crippen LogP contribution in [0.1, 0.15) is 24.4 Å². The zero-order valence-corrected chi connectivity index (χ0v) is 16.9. The Morgan fingerprint density at radius 2 is 1.79 bits per heavy atom. The normalized spacial score (nSPS) is 11.0. The largest absolute Gasteiger partial charge is 0.494 e. The molecule has 0 saturated carbocycles. The van der Waals surface area contributed by atoms with Crippen LogP contribution in [0.2, 0.25) is 0 Å². The number of aryl methyl sites for hydroxylation is 2. The van der Waals surface area contributed by atoms with Crippen LogP contribution in [0.3, 0.4) is 0 Å². The maximum Gasteiger partial charge on any atom is 0.258 e. The van der Waals surface area contributed by atoms with Crippen molar-refractivity contribution >= 4 is 11.3 Å². The van der Waals surface area contributed by atoms with Gasteiger partial charge in [0.2, 0.25) is 5.82 Å². The van der Waals surface area contributed by atoms with E-state index in [2.05, 4.69) is 27.4 Å². The molecule has 2 aromatic carbocycles. The number of nitrogens with zero attached hydrogens (tertiary/aromatic N) is 3. The summed E-state index contributed by atoms with van der Waals surface area (Å²) in [4.78, 5) is 9.13. The van der Waals surface area contributed by atoms with E-state index in [0.717, 1.165) is 45.1 Å². The SMILES string of the molecule is CCOc1ccc(-c2nc(-c3ccc(-c4csc(C)n4)cc3)no2)c(CC)c1. The average Bonchev–Trinajstić information content (AvgIpc) is 3.38. The smallest absolute Gasteiger partial charge is 0.258 e. The molecule has 0 unspecified atom stereocenters. The minimum Gasteiger partial charge on any atom is -0.494 e. The molecule has 0 aliphatic heterocycles. The second-order valence-electron chi connectivity index (χ2n) is 6.36. The van der Waals surface area contributed by atoms with Crippen LogP contribution in [0, 0.1) is 6.92 Å². The number of thiazole rings is 1. The number of rotatable bonds is 6. The zero-order chi connectivity index (χ0) is 19.5. The maximum absolute atomic E-state index is 5.59. The predicted octanol–water partition coefficient (Wildman–Crippen LogP) is 5.80. The minimum absolute atomic E-state index is 0.522. The molecule has 5 nitrogen and oxygen atoms in total. The zero-order valence-electron chi connectivity index (χ0n) is 16.1. The molecule has 4 aromatic rings. The van der Waals surface area contributed by atoms with Gasteiger partial charge in [0.25, 0.3) is 5.89 Å². The Balaban J connectivity index is 1.61. The van der Waals surface area contributed by atoms with Crippen LogP contribution in [0.4, 0.5) is 0 Å². The van der Waals surface area contributed by atoms with E-state index in [1.54, 1.807) is 11.3 Å². The highest BCUT2D eigenvalue weighted by Crippen LogP contribution is 2.29. The number of ether oxygens (including phenoxy) is 1. The van der Waals surface area contributed by atoms with E-state index in [1.165, 1.54) is 0 Å². The van der Waals surface area contributed by atoms with Gasteiger partial charge in [0.15, 0.2) is 0 Å². The summed E-state index contributed by atoms with van der Waals surface area (Å²) >= 11 is 1.65. The molecular formula is C22H21N3O2S. The Kier molecular flexibility index (Phi) is 5.21. The molecule has 0 fully saturated rings. The lowest BCUT2D eigenvalue weighted by atomic mass is 10.0. The van der Waals surface area contributed by atoms with Gasteiger partial charge in [-0.05, 0) is 44.0 Å². The third-order valence-corrected chi connectivity index (χ3v) is 5.26. The molecule has 0 saturated heterocycles. The van der Waals surface area contributed by atoms with Crippen molar-refractivity contribution in [2.75, 3.05) is 6.61 Å². The van der Waals surface area contributed by atoms with Crippen LogP contribution in [0.15, 0.2) is 52.4 Å². The number of aromatic nitrogens is 3. The summed E-state index contributed by atoms with van der Waals surface area (Å²) in [6, 6.07) is 14.0. The van der Waals surface area contributed by atoms with Gasteiger partial charge in [0.05, 0.1) is 17.3 Å². The first-order valence-electron chi connectivity index (χ1n) is 9.30. The molecule has 28 heavy (non-hydrogen) atoms. The standard InChI is InChI=1S/C22H21N3O2S/c1-4-15-12-18(26-5-2)10-11-19(15)22-24-21(25-27-22)17-8-6-16(7-9-17)20-13-28-14(3)23-20/h6-13H,4-5H2,1-3H3. The Morgan fingerprint density at radius 3 is 2.46 bits per heavy atom. The molecule has 0 aliphatic rings. The summed E-state index contributed by atoms with van der Waals surface area (Å²) in [7, 11) is 0. The van der Waals surface area contributed by atoms with Crippen LogP contribution >= 0.6 is 11.3 Å². The topological polar surface area (TPSA) is 61.0 Å². The highest BCUT2D eigenvalue weighted by atomic mass is 32.1. The fourth-order valence-corrected chi connectivity index (χ4v) is 3.69. The second-order valence-corrected chi connectivity index (χ2v) is 7.42. The van der Waals surface area contributed by atoms with Gasteiger partial charge >= 0.3 is 0 Å². The van der Waals surface area contributed by atoms with Gasteiger partial charge in [-0.1, -0.05) is 36.3 Å². The van der Waals surface area contributed by atoms with Crippen LogP contribution in [0.25, 0.3) is 34.1 Å². The van der Waals surface area contributed by atoms with Crippen LogP contribution in [0.5, 0.6) is 5.75 Å². The van der Waals surface area contributed by atoms with Gasteiger partial charge in [-0.2, -0.15) is 4.98 Å². The van der Waals surface area contributed by atoms with Crippen molar-refractivity contribution in [1.29, 1.82) is 0 Å². The van der Waals surface area contributed by atoms with Crippen molar-refractivity contribution in [3.8, 4) is 39.8 Å². The second kappa shape index (κ2) is 7.94. The Hall–Kier alpha value is -2.99. The molecular weight excluding hydrogens is 370 g/mol. The van der Waals surface area contributed by atoms with E-state index < -0.39 is 0 Å². The molecule has 0 aliphatic carbocycles. The van der Waals surface area contributed by atoms with E-state index in [1.807, 2.05) is 56.3 Å². The van der Waals surface area contributed by atoms with Crippen LogP contribution < -0.4 is 4.74 Å². The van der Waals surface area contributed by atoms with E-state index in [9.17, 15) is 0 Å². The molecule has 0 atom stereocenters. The van der Waals surface area contributed by atoms with Gasteiger partial charge in [-0.15, -0.1) is 11.3 Å². The Bertz CT molecular complexity index is 1080. The van der Waals surface area contributed by atoms with E-state index in [-0.39, 0.29) is 0 Å². The first kappa shape index (κ1) is 18.4. The summed E-state index contributed by atoms with van der Waals surface area (Å²) in [6.07, 6.45) is 0.857. The van der Waals surface area contributed by atoms with Crippen LogP contribution in [-0.4, -0.2) is 21.7 Å². The van der Waals surface area contributed by atoms with E-state index in [0.29, 0.717) is 18.3 Å². The van der Waals surface area contributed by atoms with Crippen molar-refractivity contribution in [2.24, 2.45) is 0 Å². The molecule has 0 amide bonds. The molecule has 0 N–H and O–H groups in total. The first-order valence-corrected chi connectivity index (χ1v) is 10.2. The maximum atomic E-state index is 5.59. The summed E-state index contributed by atoms with van der Waals surface area (Å²) in [6.45, 7) is 6.73. The fourth-order valence-electron chi connectivity index (χ4n) is 3.06. The highest BCUT2D eigenvalue weighted by molar-refractivity contribution is 7.09. The van der Waals surface area contributed by atoms with Gasteiger partial charge in [0, 0.05) is 22.1 Å². The van der Waals surface area contributed by atoms with Gasteiger partial charge in [-0.3, -0.25) is 0 Å². The van der Waals surface area contributed by atoms with Gasteiger partial charge in [0.1, 0.15) is 5.75 Å². The number of hydrogen-bond acceptors (Lipinski definition) is 6. The van der Waals surface area contributed by atoms with E-state index in [4.69, 9.17) is 9.26 Å². The molecule has 142 valence electrons. The average molecular weight is 391 g/mol. The Labute approximate surface area is 168 Å². The summed E-state index contributed by atoms with van der Waals surface area (Å²) < 4.78 is 11.1. The third-order valence-electron chi connectivity index (χ3n) is 4.48. The van der Waals surface area contributed by atoms with Crippen molar-refractivity contribution in [1.82, 2.24) is 15.1 Å². The quantitative estimate of drug-likeness (QED) is 0.416. The molecule has 4 rings (SSSR count). The molecule has 2 aromatic heterocycles. The lowest BCUT2D eigenvalue weighted by Gasteiger charge is -2.08. The number of hydrogen-bond donors (Lipinski definition) is 0. The molecule has 0 spiro atoms. The summed E-state index contributed by atoms with van der Waals surface area (Å²) in [5, 5.41) is 7.30.